The highest BCUT2D eigenvalue weighted by molar-refractivity contribution is 5.97. The highest BCUT2D eigenvalue weighted by Crippen LogP contribution is 2.21. The predicted octanol–water partition coefficient (Wildman–Crippen LogP) is 0.983. The van der Waals surface area contributed by atoms with E-state index in [0.717, 1.165) is 12.0 Å². The van der Waals surface area contributed by atoms with Crippen LogP contribution in [0.3, 0.4) is 0 Å². The lowest BCUT2D eigenvalue weighted by Crippen LogP contribution is -2.26. The van der Waals surface area contributed by atoms with E-state index in [1.54, 1.807) is 29.1 Å². The van der Waals surface area contributed by atoms with Gasteiger partial charge < -0.3 is 15.8 Å². The second kappa shape index (κ2) is 6.10. The van der Waals surface area contributed by atoms with Gasteiger partial charge in [0.05, 0.1) is 18.9 Å². The lowest BCUT2D eigenvalue weighted by molar-refractivity contribution is 0.0951. The van der Waals surface area contributed by atoms with Crippen LogP contribution in [0.2, 0.25) is 0 Å². The van der Waals surface area contributed by atoms with Crippen molar-refractivity contribution in [1.29, 1.82) is 0 Å². The van der Waals surface area contributed by atoms with Gasteiger partial charge in [-0.2, -0.15) is 5.10 Å². The third-order valence-corrected chi connectivity index (χ3v) is 2.93. The SMILES string of the molecule is COc1cc(N)ccc1C(=O)NCCc1cnn(C)c1. The van der Waals surface area contributed by atoms with Crippen LogP contribution < -0.4 is 15.8 Å². The maximum atomic E-state index is 12.1. The fourth-order valence-electron chi connectivity index (χ4n) is 1.91. The first-order valence-corrected chi connectivity index (χ1v) is 6.29. The van der Waals surface area contributed by atoms with E-state index in [1.807, 2.05) is 13.2 Å². The number of aromatic nitrogens is 2. The Bertz CT molecular complexity index is 607. The zero-order chi connectivity index (χ0) is 14.5. The molecule has 0 fully saturated rings. The van der Waals surface area contributed by atoms with Gasteiger partial charge in [0.15, 0.2) is 0 Å². The van der Waals surface area contributed by atoms with Crippen LogP contribution in [0.5, 0.6) is 5.75 Å². The number of carbonyl (C=O) groups excluding carboxylic acids is 1. The van der Waals surface area contributed by atoms with Crippen LogP contribution >= 0.6 is 0 Å². The molecule has 0 aliphatic heterocycles. The van der Waals surface area contributed by atoms with Crippen molar-refractivity contribution in [3.8, 4) is 5.75 Å². The normalized spacial score (nSPS) is 10.3. The molecule has 6 heteroatoms. The summed E-state index contributed by atoms with van der Waals surface area (Å²) in [4.78, 5) is 12.1. The molecule has 20 heavy (non-hydrogen) atoms. The molecular formula is C14H18N4O2. The van der Waals surface area contributed by atoms with E-state index in [0.29, 0.717) is 23.5 Å². The van der Waals surface area contributed by atoms with Crippen LogP contribution in [0.15, 0.2) is 30.6 Å². The lowest BCUT2D eigenvalue weighted by atomic mass is 10.1. The second-order valence-corrected chi connectivity index (χ2v) is 4.49. The largest absolute Gasteiger partial charge is 0.496 e. The molecule has 0 atom stereocenters. The summed E-state index contributed by atoms with van der Waals surface area (Å²) in [6.07, 6.45) is 4.45. The maximum absolute atomic E-state index is 12.1. The molecule has 1 heterocycles. The summed E-state index contributed by atoms with van der Waals surface area (Å²) >= 11 is 0. The van der Waals surface area contributed by atoms with Gasteiger partial charge in [-0.1, -0.05) is 0 Å². The Morgan fingerprint density at radius 3 is 2.95 bits per heavy atom. The van der Waals surface area contributed by atoms with Gasteiger partial charge in [-0.15, -0.1) is 0 Å². The molecule has 2 rings (SSSR count). The summed E-state index contributed by atoms with van der Waals surface area (Å²) in [6, 6.07) is 4.97. The summed E-state index contributed by atoms with van der Waals surface area (Å²) in [5, 5.41) is 6.93. The van der Waals surface area contributed by atoms with Crippen molar-refractivity contribution >= 4 is 11.6 Å². The Hall–Kier alpha value is -2.50. The molecule has 0 spiro atoms. The van der Waals surface area contributed by atoms with Crippen LogP contribution in [0, 0.1) is 0 Å². The summed E-state index contributed by atoms with van der Waals surface area (Å²) in [7, 11) is 3.38. The van der Waals surface area contributed by atoms with Crippen molar-refractivity contribution in [3.05, 3.63) is 41.7 Å². The molecule has 106 valence electrons. The van der Waals surface area contributed by atoms with Crippen LogP contribution in [0.4, 0.5) is 5.69 Å². The summed E-state index contributed by atoms with van der Waals surface area (Å²) in [5.41, 5.74) is 7.78. The van der Waals surface area contributed by atoms with E-state index in [9.17, 15) is 4.79 Å². The van der Waals surface area contributed by atoms with Gasteiger partial charge in [-0.05, 0) is 24.1 Å². The first-order chi connectivity index (χ1) is 9.60. The van der Waals surface area contributed by atoms with Gasteiger partial charge in [0.2, 0.25) is 0 Å². The fourth-order valence-corrected chi connectivity index (χ4v) is 1.91. The third kappa shape index (κ3) is 3.28. The van der Waals surface area contributed by atoms with Crippen molar-refractivity contribution < 1.29 is 9.53 Å². The topological polar surface area (TPSA) is 82.2 Å². The molecule has 0 aliphatic carbocycles. The number of nitrogens with zero attached hydrogens (tertiary/aromatic N) is 2. The first kappa shape index (κ1) is 13.9. The van der Waals surface area contributed by atoms with Crippen molar-refractivity contribution in [2.75, 3.05) is 19.4 Å². The second-order valence-electron chi connectivity index (χ2n) is 4.49. The number of methoxy groups -OCH3 is 1. The zero-order valence-electron chi connectivity index (χ0n) is 11.6. The summed E-state index contributed by atoms with van der Waals surface area (Å²) < 4.78 is 6.90. The molecule has 0 unspecified atom stereocenters. The minimum Gasteiger partial charge on any atom is -0.496 e. The number of hydrogen-bond acceptors (Lipinski definition) is 4. The van der Waals surface area contributed by atoms with E-state index in [2.05, 4.69) is 10.4 Å². The number of hydrogen-bond donors (Lipinski definition) is 2. The van der Waals surface area contributed by atoms with Gasteiger partial charge in [0, 0.05) is 31.5 Å². The van der Waals surface area contributed by atoms with Crippen LogP contribution in [-0.2, 0) is 13.5 Å². The van der Waals surface area contributed by atoms with Gasteiger partial charge in [0.1, 0.15) is 5.75 Å². The van der Waals surface area contributed by atoms with Gasteiger partial charge >= 0.3 is 0 Å². The van der Waals surface area contributed by atoms with Crippen LogP contribution in [0.1, 0.15) is 15.9 Å². The van der Waals surface area contributed by atoms with Crippen molar-refractivity contribution in [1.82, 2.24) is 15.1 Å². The number of nitrogens with two attached hydrogens (primary N) is 1. The number of nitrogens with one attached hydrogen (secondary N) is 1. The molecule has 0 saturated heterocycles. The average molecular weight is 274 g/mol. The van der Waals surface area contributed by atoms with Crippen molar-refractivity contribution in [3.63, 3.8) is 0 Å². The van der Waals surface area contributed by atoms with Crippen LogP contribution in [-0.4, -0.2) is 29.3 Å². The van der Waals surface area contributed by atoms with E-state index >= 15 is 0 Å². The van der Waals surface area contributed by atoms with Gasteiger partial charge in [-0.3, -0.25) is 9.48 Å². The molecule has 1 amide bonds. The average Bonchev–Trinajstić information content (AvgIpc) is 2.84. The Morgan fingerprint density at radius 1 is 1.50 bits per heavy atom. The minimum atomic E-state index is -0.175. The number of ether oxygens (including phenoxy) is 1. The van der Waals surface area contributed by atoms with E-state index in [1.165, 1.54) is 7.11 Å². The van der Waals surface area contributed by atoms with Gasteiger partial charge in [0.25, 0.3) is 5.91 Å². The standard InChI is InChI=1S/C14H18N4O2/c1-18-9-10(8-17-18)5-6-16-14(19)12-4-3-11(15)7-13(12)20-2/h3-4,7-9H,5-6,15H2,1-2H3,(H,16,19). The first-order valence-electron chi connectivity index (χ1n) is 6.29. The smallest absolute Gasteiger partial charge is 0.255 e. The number of anilines is 1. The van der Waals surface area contributed by atoms with E-state index in [-0.39, 0.29) is 5.91 Å². The molecule has 0 saturated carbocycles. The number of aryl methyl sites for hydroxylation is 1. The van der Waals surface area contributed by atoms with Crippen LogP contribution in [0.25, 0.3) is 0 Å². The lowest BCUT2D eigenvalue weighted by Gasteiger charge is -2.09. The monoisotopic (exact) mass is 274 g/mol. The van der Waals surface area contributed by atoms with Gasteiger partial charge in [-0.25, -0.2) is 0 Å². The molecule has 3 N–H and O–H groups in total. The molecule has 0 aliphatic rings. The minimum absolute atomic E-state index is 0.175. The number of nitrogen functional groups attached to an aromatic ring is 1. The quantitative estimate of drug-likeness (QED) is 0.796. The van der Waals surface area contributed by atoms with Crippen molar-refractivity contribution in [2.24, 2.45) is 7.05 Å². The molecular weight excluding hydrogens is 256 g/mol. The molecule has 1 aromatic heterocycles. The summed E-state index contributed by atoms with van der Waals surface area (Å²) in [6.45, 7) is 0.540. The Kier molecular flexibility index (Phi) is 4.24. The molecule has 1 aromatic carbocycles. The molecule has 0 bridgehead atoms. The predicted molar refractivity (Wildman–Crippen MR) is 76.7 cm³/mol. The Balaban J connectivity index is 1.95. The number of carbonyl (C=O) groups is 1. The maximum Gasteiger partial charge on any atom is 0.255 e. The Labute approximate surface area is 117 Å². The number of benzene rings is 1. The van der Waals surface area contributed by atoms with E-state index < -0.39 is 0 Å². The van der Waals surface area contributed by atoms with Crippen molar-refractivity contribution in [2.45, 2.75) is 6.42 Å². The zero-order valence-corrected chi connectivity index (χ0v) is 11.6. The number of rotatable bonds is 5. The highest BCUT2D eigenvalue weighted by atomic mass is 16.5. The number of amides is 1. The molecule has 2 aromatic rings. The highest BCUT2D eigenvalue weighted by Gasteiger charge is 2.11. The third-order valence-electron chi connectivity index (χ3n) is 2.93. The molecule has 6 nitrogen and oxygen atoms in total. The fraction of sp³-hybridized carbons (Fsp3) is 0.286. The van der Waals surface area contributed by atoms with E-state index in [4.69, 9.17) is 10.5 Å². The summed E-state index contributed by atoms with van der Waals surface area (Å²) in [5.74, 6) is 0.301. The Morgan fingerprint density at radius 2 is 2.30 bits per heavy atom. The molecule has 0 radical (unpaired) electrons.